The van der Waals surface area contributed by atoms with Crippen LogP contribution in [0.4, 0.5) is 21.6 Å². The van der Waals surface area contributed by atoms with Crippen LogP contribution in [0.3, 0.4) is 0 Å². The standard InChI is InChI=1S/C42H53FN8O3S.C8H14O2.C3H8/c1-27(2)39(53)34-23-32(11-13-36(34)55(6)54)49-17-15-42(43,16-18-49)26-48-19-21-50(22-20-48)33-12-14-37(44-24-33)46-41-45-25-35-28(3)38(30(5)52)29(4)51(40(35)47-41)31-9-7-8-10-31;1-6(8(3)10)4-5-7(2)9;1-3-2/h11-14,23-25,27,31,52H,4,7-10,15-22,26H2,1-3,5-6H3;6H,4-5H2,1-3H3;3H2,1-2H3/b38-30+,46-41?;;. The minimum Gasteiger partial charge on any atom is -0.512 e. The average Bonchev–Trinajstić information content (AvgIpc) is 3.83. The summed E-state index contributed by atoms with van der Waals surface area (Å²) in [6, 6.07) is 9.70. The lowest BCUT2D eigenvalue weighted by Gasteiger charge is -2.43. The molecule has 2 atom stereocenters. The van der Waals surface area contributed by atoms with Crippen LogP contribution in [0, 0.1) is 18.8 Å². The second-order valence-corrected chi connectivity index (χ2v) is 20.6. The molecule has 2 unspecified atom stereocenters. The number of hydrogen-bond donors (Lipinski definition) is 1. The number of rotatable bonds is 13. The lowest BCUT2D eigenvalue weighted by Crippen LogP contribution is -2.53. The molecule has 5 aliphatic rings. The molecule has 13 nitrogen and oxygen atoms in total. The zero-order valence-electron chi connectivity index (χ0n) is 42.2. The Morgan fingerprint density at radius 3 is 2.09 bits per heavy atom. The SMILES string of the molecule is C=c1/c(=C(\C)O)c(C)c2cnc(=Nc3ccc(N4CCN(CC5(F)CCN(c6ccc(S(C)=O)c(C(=O)C(C)C)c6)CC5)CC4)cn3)nc-2n1C1CCCC1.CC(=O)CCC(C)C(C)=O.CCC. The smallest absolute Gasteiger partial charge is 0.253 e. The predicted octanol–water partition coefficient (Wildman–Crippen LogP) is 8.23. The van der Waals surface area contributed by atoms with E-state index in [1.54, 1.807) is 39.3 Å². The number of piperidine rings is 1. The highest BCUT2D eigenvalue weighted by molar-refractivity contribution is 7.84. The molecule has 2 aromatic rings. The molecular weight excluding hydrogens is 880 g/mol. The van der Waals surface area contributed by atoms with Crippen LogP contribution in [0.25, 0.3) is 23.7 Å². The van der Waals surface area contributed by atoms with Crippen molar-refractivity contribution in [2.24, 2.45) is 16.8 Å². The van der Waals surface area contributed by atoms with Gasteiger partial charge in [-0.3, -0.25) is 18.7 Å². The molecule has 68 heavy (non-hydrogen) atoms. The lowest BCUT2D eigenvalue weighted by atomic mass is 9.91. The molecule has 0 bridgehead atoms. The summed E-state index contributed by atoms with van der Waals surface area (Å²) in [5.74, 6) is 1.68. The molecule has 1 N–H and O–H groups in total. The minimum absolute atomic E-state index is 0.0244. The molecule has 5 heterocycles. The Bertz CT molecular complexity index is 2550. The highest BCUT2D eigenvalue weighted by Gasteiger charge is 2.37. The van der Waals surface area contributed by atoms with E-state index >= 15 is 4.39 Å². The second-order valence-electron chi connectivity index (χ2n) is 19.2. The van der Waals surface area contributed by atoms with Crippen molar-refractivity contribution in [2.75, 3.05) is 61.9 Å². The van der Waals surface area contributed by atoms with Gasteiger partial charge in [-0.2, -0.15) is 9.98 Å². The fourth-order valence-corrected chi connectivity index (χ4v) is 9.94. The molecule has 0 amide bonds. The molecule has 15 heteroatoms. The van der Waals surface area contributed by atoms with Crippen LogP contribution in [0.1, 0.15) is 135 Å². The molecule has 4 aliphatic heterocycles. The molecule has 0 radical (unpaired) electrons. The normalized spacial score (nSPS) is 18.1. The number of fused-ring (bicyclic) bond motifs is 1. The maximum Gasteiger partial charge on any atom is 0.253 e. The first-order valence-corrected chi connectivity index (χ1v) is 26.0. The van der Waals surface area contributed by atoms with Crippen LogP contribution in [-0.2, 0) is 20.4 Å². The molecule has 1 aliphatic carbocycles. The number of carbonyl (C=O) groups excluding carboxylic acids is 3. The summed E-state index contributed by atoms with van der Waals surface area (Å²) in [4.78, 5) is 60.0. The lowest BCUT2D eigenvalue weighted by molar-refractivity contribution is -0.121. The number of anilines is 2. The van der Waals surface area contributed by atoms with E-state index in [0.29, 0.717) is 67.2 Å². The van der Waals surface area contributed by atoms with Gasteiger partial charge in [0.2, 0.25) is 0 Å². The number of ketones is 3. The predicted molar refractivity (Wildman–Crippen MR) is 272 cm³/mol. The number of Topliss-reactive ketones (excluding diaryl/α,β-unsaturated/α-hetero) is 3. The third-order valence-corrected chi connectivity index (χ3v) is 14.3. The van der Waals surface area contributed by atoms with Gasteiger partial charge in [0.15, 0.2) is 11.6 Å². The number of piperazine rings is 1. The third-order valence-electron chi connectivity index (χ3n) is 13.3. The number of nitrogens with zero attached hydrogens (tertiary/aromatic N) is 8. The average molecular weight is 955 g/mol. The van der Waals surface area contributed by atoms with Crippen molar-refractivity contribution in [2.45, 2.75) is 137 Å². The van der Waals surface area contributed by atoms with Crippen LogP contribution in [0.2, 0.25) is 0 Å². The molecule has 1 aromatic heterocycles. The zero-order valence-corrected chi connectivity index (χ0v) is 43.1. The molecule has 2 saturated heterocycles. The Morgan fingerprint density at radius 2 is 1.54 bits per heavy atom. The van der Waals surface area contributed by atoms with Crippen molar-refractivity contribution >= 4 is 57.7 Å². The summed E-state index contributed by atoms with van der Waals surface area (Å²) < 4.78 is 30.7. The maximum absolute atomic E-state index is 16.2. The van der Waals surface area contributed by atoms with E-state index in [1.165, 1.54) is 6.42 Å². The van der Waals surface area contributed by atoms with Crippen molar-refractivity contribution in [1.29, 1.82) is 0 Å². The van der Waals surface area contributed by atoms with Gasteiger partial charge in [0, 0.05) is 128 Å². The fourth-order valence-electron chi connectivity index (χ4n) is 9.22. The Labute approximate surface area is 405 Å². The van der Waals surface area contributed by atoms with Gasteiger partial charge in [0.1, 0.15) is 23.1 Å². The maximum atomic E-state index is 16.2. The van der Waals surface area contributed by atoms with E-state index in [-0.39, 0.29) is 41.0 Å². The number of pyridine rings is 2. The zero-order chi connectivity index (χ0) is 49.9. The summed E-state index contributed by atoms with van der Waals surface area (Å²) in [6.45, 7) is 25.5. The Kier molecular flexibility index (Phi) is 19.3. The van der Waals surface area contributed by atoms with Gasteiger partial charge in [-0.1, -0.05) is 60.5 Å². The molecule has 0 spiro atoms. The van der Waals surface area contributed by atoms with Crippen molar-refractivity contribution in [3.8, 4) is 11.4 Å². The summed E-state index contributed by atoms with van der Waals surface area (Å²) in [5.41, 5.74) is 3.21. The first-order chi connectivity index (χ1) is 32.3. The summed E-state index contributed by atoms with van der Waals surface area (Å²) >= 11 is 0. The van der Waals surface area contributed by atoms with E-state index in [4.69, 9.17) is 4.98 Å². The number of aromatic nitrogens is 4. The number of carbonyl (C=O) groups is 3. The van der Waals surface area contributed by atoms with Crippen molar-refractivity contribution in [3.63, 3.8) is 0 Å². The molecular formula is C53H75FN8O5S. The Hall–Kier alpha value is -5.15. The number of alkyl halides is 1. The monoisotopic (exact) mass is 955 g/mol. The van der Waals surface area contributed by atoms with Gasteiger partial charge in [-0.15, -0.1) is 0 Å². The van der Waals surface area contributed by atoms with E-state index < -0.39 is 16.5 Å². The molecule has 370 valence electrons. The van der Waals surface area contributed by atoms with E-state index in [2.05, 4.69) is 54.7 Å². The van der Waals surface area contributed by atoms with Crippen LogP contribution < -0.4 is 26.0 Å². The van der Waals surface area contributed by atoms with Gasteiger partial charge in [0.05, 0.1) is 28.4 Å². The van der Waals surface area contributed by atoms with Crippen LogP contribution >= 0.6 is 0 Å². The van der Waals surface area contributed by atoms with Crippen LogP contribution in [-0.4, -0.2) is 109 Å². The number of hydrogen-bond acceptors (Lipinski definition) is 12. The van der Waals surface area contributed by atoms with Crippen molar-refractivity contribution in [1.82, 2.24) is 24.4 Å². The number of aliphatic hydroxyl groups is 1. The van der Waals surface area contributed by atoms with Crippen molar-refractivity contribution < 1.29 is 28.1 Å². The number of aliphatic hydroxyl groups excluding tert-OH is 1. The van der Waals surface area contributed by atoms with Gasteiger partial charge >= 0.3 is 0 Å². The molecule has 3 fully saturated rings. The van der Waals surface area contributed by atoms with E-state index in [0.717, 1.165) is 90.8 Å². The van der Waals surface area contributed by atoms with E-state index in [1.807, 2.05) is 58.2 Å². The first kappa shape index (κ1) is 53.8. The van der Waals surface area contributed by atoms with Crippen molar-refractivity contribution in [3.05, 3.63) is 70.0 Å². The quantitative estimate of drug-likeness (QED) is 0.129. The topological polar surface area (TPSA) is 154 Å². The van der Waals surface area contributed by atoms with Gasteiger partial charge in [-0.05, 0) is 82.9 Å². The molecule has 1 saturated carbocycles. The Morgan fingerprint density at radius 1 is 0.926 bits per heavy atom. The fraction of sp³-hybridized carbons (Fsp3) is 0.566. The summed E-state index contributed by atoms with van der Waals surface area (Å²) in [6.07, 6.45) is 12.9. The highest BCUT2D eigenvalue weighted by Crippen LogP contribution is 2.34. The molecule has 1 aromatic carbocycles. The van der Waals surface area contributed by atoms with Gasteiger partial charge < -0.3 is 24.3 Å². The number of halogens is 1. The van der Waals surface area contributed by atoms with Crippen LogP contribution in [0.5, 0.6) is 0 Å². The van der Waals surface area contributed by atoms with Crippen LogP contribution in [0.15, 0.2) is 52.6 Å². The van der Waals surface area contributed by atoms with Gasteiger partial charge in [0.25, 0.3) is 5.62 Å². The first-order valence-electron chi connectivity index (χ1n) is 24.5. The molecule has 7 rings (SSSR count). The Balaban J connectivity index is 0.000000585. The van der Waals surface area contributed by atoms with Gasteiger partial charge in [-0.25, -0.2) is 14.4 Å². The van der Waals surface area contributed by atoms with E-state index in [9.17, 15) is 23.7 Å². The number of benzene rings is 1. The summed E-state index contributed by atoms with van der Waals surface area (Å²) in [7, 11) is -1.27. The summed E-state index contributed by atoms with van der Waals surface area (Å²) in [5, 5.41) is 12.0. The minimum atomic E-state index is -1.28. The third kappa shape index (κ3) is 13.8. The highest BCUT2D eigenvalue weighted by atomic mass is 32.2. The second kappa shape index (κ2) is 24.4. The largest absolute Gasteiger partial charge is 0.512 e.